The van der Waals surface area contributed by atoms with Crippen LogP contribution in [0.5, 0.6) is 0 Å². The van der Waals surface area contributed by atoms with Gasteiger partial charge in [-0.15, -0.1) is 0 Å². The Hall–Kier alpha value is -0.270. The van der Waals surface area contributed by atoms with Gasteiger partial charge in [0.05, 0.1) is 0 Å². The highest BCUT2D eigenvalue weighted by Crippen LogP contribution is 2.45. The highest BCUT2D eigenvalue weighted by Gasteiger charge is 2.60. The predicted molar refractivity (Wildman–Crippen MR) is 58.5 cm³/mol. The van der Waals surface area contributed by atoms with Gasteiger partial charge in [0.1, 0.15) is 30.5 Å². The normalized spacial score (nSPS) is 51.3. The van der Waals surface area contributed by atoms with Gasteiger partial charge in [0.15, 0.2) is 12.0 Å². The molecule has 104 valence electrons. The predicted octanol–water partition coefficient (Wildman–Crippen LogP) is -0.135. The summed E-state index contributed by atoms with van der Waals surface area (Å²) in [6.07, 6.45) is -3.68. The molecule has 2 aliphatic carbocycles. The Balaban J connectivity index is 1.82. The minimum atomic E-state index is -1.90. The second-order valence-corrected chi connectivity index (χ2v) is 5.55. The van der Waals surface area contributed by atoms with Gasteiger partial charge in [-0.2, -0.15) is 0 Å². The quantitative estimate of drug-likeness (QED) is 0.566. The Bertz CT molecular complexity index is 296. The zero-order valence-corrected chi connectivity index (χ0v) is 10.0. The van der Waals surface area contributed by atoms with E-state index in [4.69, 9.17) is 9.47 Å². The van der Waals surface area contributed by atoms with Crippen LogP contribution in [-0.2, 0) is 9.47 Å². The zero-order chi connectivity index (χ0) is 12.9. The number of rotatable bonds is 0. The van der Waals surface area contributed by atoms with Crippen molar-refractivity contribution in [3.63, 3.8) is 0 Å². The van der Waals surface area contributed by atoms with E-state index in [1.165, 1.54) is 0 Å². The van der Waals surface area contributed by atoms with Gasteiger partial charge < -0.3 is 24.8 Å². The molecule has 0 aromatic rings. The molecule has 0 bridgehead atoms. The third kappa shape index (κ3) is 1.78. The van der Waals surface area contributed by atoms with Crippen LogP contribution in [0.4, 0.5) is 4.39 Å². The van der Waals surface area contributed by atoms with E-state index in [-0.39, 0.29) is 0 Å². The number of ether oxygens (including phenoxy) is 2. The summed E-state index contributed by atoms with van der Waals surface area (Å²) >= 11 is 0. The summed E-state index contributed by atoms with van der Waals surface area (Å²) in [5.41, 5.74) is 0. The maximum Gasteiger partial charge on any atom is 0.169 e. The molecule has 18 heavy (non-hydrogen) atoms. The molecule has 6 atom stereocenters. The summed E-state index contributed by atoms with van der Waals surface area (Å²) < 4.78 is 25.1. The molecule has 0 amide bonds. The lowest BCUT2D eigenvalue weighted by atomic mass is 9.86. The standard InChI is InChI=1S/C12H19FO5/c13-6-7(14)9(16)11-10(8(6)15)17-12(18-11)4-2-1-3-5-12/h6-11,14-16H,1-5H2/t6-,7-,8+,9+,10+,11-/m1/s1. The molecule has 3 N–H and O–H groups in total. The Morgan fingerprint density at radius 3 is 2.00 bits per heavy atom. The van der Waals surface area contributed by atoms with Crippen LogP contribution in [0.15, 0.2) is 0 Å². The summed E-state index contributed by atoms with van der Waals surface area (Å²) in [5.74, 6) is -0.806. The number of aliphatic hydroxyl groups is 3. The van der Waals surface area contributed by atoms with E-state index in [0.29, 0.717) is 12.8 Å². The van der Waals surface area contributed by atoms with E-state index in [2.05, 4.69) is 0 Å². The molecule has 3 fully saturated rings. The summed E-state index contributed by atoms with van der Waals surface area (Å²) in [4.78, 5) is 0. The fourth-order valence-electron chi connectivity index (χ4n) is 3.28. The van der Waals surface area contributed by atoms with Crippen molar-refractivity contribution in [2.24, 2.45) is 0 Å². The van der Waals surface area contributed by atoms with Crippen molar-refractivity contribution < 1.29 is 29.2 Å². The van der Waals surface area contributed by atoms with Crippen molar-refractivity contribution in [1.29, 1.82) is 0 Å². The first-order valence-electron chi connectivity index (χ1n) is 6.58. The van der Waals surface area contributed by atoms with Crippen LogP contribution in [0, 0.1) is 0 Å². The van der Waals surface area contributed by atoms with Crippen molar-refractivity contribution in [1.82, 2.24) is 0 Å². The van der Waals surface area contributed by atoms with E-state index in [1.807, 2.05) is 0 Å². The van der Waals surface area contributed by atoms with Gasteiger partial charge in [-0.3, -0.25) is 0 Å². The molecule has 1 heterocycles. The first-order valence-corrected chi connectivity index (χ1v) is 6.58. The summed E-state index contributed by atoms with van der Waals surface area (Å²) in [6.45, 7) is 0. The van der Waals surface area contributed by atoms with Crippen LogP contribution in [0.25, 0.3) is 0 Å². The maximum absolute atomic E-state index is 13.6. The van der Waals surface area contributed by atoms with Gasteiger partial charge in [0.2, 0.25) is 0 Å². The van der Waals surface area contributed by atoms with E-state index < -0.39 is 42.5 Å². The number of aliphatic hydroxyl groups excluding tert-OH is 3. The minimum Gasteiger partial charge on any atom is -0.387 e. The molecule has 1 spiro atoms. The lowest BCUT2D eigenvalue weighted by molar-refractivity contribution is -0.202. The number of fused-ring (bicyclic) bond motifs is 1. The number of hydrogen-bond acceptors (Lipinski definition) is 5. The topological polar surface area (TPSA) is 79.2 Å². The molecule has 5 nitrogen and oxygen atoms in total. The first-order chi connectivity index (χ1) is 8.54. The average Bonchev–Trinajstić information content (AvgIpc) is 2.74. The largest absolute Gasteiger partial charge is 0.387 e. The van der Waals surface area contributed by atoms with Gasteiger partial charge >= 0.3 is 0 Å². The van der Waals surface area contributed by atoms with Gasteiger partial charge in [-0.1, -0.05) is 6.42 Å². The highest BCUT2D eigenvalue weighted by atomic mass is 19.1. The Kier molecular flexibility index (Phi) is 3.10. The van der Waals surface area contributed by atoms with E-state index in [1.54, 1.807) is 0 Å². The van der Waals surface area contributed by atoms with Crippen molar-refractivity contribution in [2.45, 2.75) is 74.6 Å². The van der Waals surface area contributed by atoms with Crippen LogP contribution in [-0.4, -0.2) is 57.8 Å². The lowest BCUT2D eigenvalue weighted by Gasteiger charge is -2.37. The zero-order valence-electron chi connectivity index (χ0n) is 10.0. The number of alkyl halides is 1. The lowest BCUT2D eigenvalue weighted by Crippen LogP contribution is -2.61. The van der Waals surface area contributed by atoms with Crippen molar-refractivity contribution in [2.75, 3.05) is 0 Å². The van der Waals surface area contributed by atoms with E-state index >= 15 is 0 Å². The first kappa shape index (κ1) is 12.7. The fourth-order valence-corrected chi connectivity index (χ4v) is 3.28. The third-order valence-electron chi connectivity index (χ3n) is 4.32. The van der Waals surface area contributed by atoms with Crippen LogP contribution in [0.1, 0.15) is 32.1 Å². The highest BCUT2D eigenvalue weighted by molar-refractivity contribution is 5.05. The molecule has 1 saturated heterocycles. The molecule has 1 aliphatic heterocycles. The van der Waals surface area contributed by atoms with E-state index in [9.17, 15) is 19.7 Å². The average molecular weight is 262 g/mol. The molecule has 2 saturated carbocycles. The Labute approximate surface area is 105 Å². The molecule has 3 rings (SSSR count). The number of halogens is 1. The maximum atomic E-state index is 13.6. The van der Waals surface area contributed by atoms with Crippen LogP contribution >= 0.6 is 0 Å². The van der Waals surface area contributed by atoms with Gasteiger partial charge in [0.25, 0.3) is 0 Å². The molecular formula is C12H19FO5. The van der Waals surface area contributed by atoms with Gasteiger partial charge in [-0.05, 0) is 12.8 Å². The Morgan fingerprint density at radius 2 is 1.39 bits per heavy atom. The van der Waals surface area contributed by atoms with E-state index in [0.717, 1.165) is 19.3 Å². The van der Waals surface area contributed by atoms with Crippen molar-refractivity contribution >= 4 is 0 Å². The fraction of sp³-hybridized carbons (Fsp3) is 1.00. The molecule has 0 aromatic carbocycles. The van der Waals surface area contributed by atoms with Crippen LogP contribution < -0.4 is 0 Å². The third-order valence-corrected chi connectivity index (χ3v) is 4.32. The molecule has 3 aliphatic rings. The minimum absolute atomic E-state index is 0.687. The summed E-state index contributed by atoms with van der Waals surface area (Å²) in [6, 6.07) is 0. The van der Waals surface area contributed by atoms with Crippen LogP contribution in [0.2, 0.25) is 0 Å². The molecule has 6 heteroatoms. The smallest absolute Gasteiger partial charge is 0.169 e. The second-order valence-electron chi connectivity index (χ2n) is 5.55. The molecule has 0 unspecified atom stereocenters. The molecule has 0 radical (unpaired) electrons. The summed E-state index contributed by atoms with van der Waals surface area (Å²) in [5, 5.41) is 29.2. The summed E-state index contributed by atoms with van der Waals surface area (Å²) in [7, 11) is 0. The number of hydrogen-bond donors (Lipinski definition) is 3. The molecular weight excluding hydrogens is 243 g/mol. The van der Waals surface area contributed by atoms with Crippen molar-refractivity contribution in [3.8, 4) is 0 Å². The Morgan fingerprint density at radius 1 is 0.833 bits per heavy atom. The monoisotopic (exact) mass is 262 g/mol. The van der Waals surface area contributed by atoms with Gasteiger partial charge in [-0.25, -0.2) is 4.39 Å². The van der Waals surface area contributed by atoms with Gasteiger partial charge in [0, 0.05) is 12.8 Å². The van der Waals surface area contributed by atoms with Crippen LogP contribution in [0.3, 0.4) is 0 Å². The van der Waals surface area contributed by atoms with Crippen molar-refractivity contribution in [3.05, 3.63) is 0 Å². The SMILES string of the molecule is O[C@H]1[C@H](O)[C@H]2OC3(CCCCC3)O[C@H]2[C@@H](O)[C@@H]1F. The molecule has 0 aromatic heterocycles. The second kappa shape index (κ2) is 4.38.